The number of carbonyl (C=O) groups excluding carboxylic acids is 1. The number of hydrogen-bond acceptors (Lipinski definition) is 6. The van der Waals surface area contributed by atoms with Gasteiger partial charge < -0.3 is 25.8 Å². The first-order chi connectivity index (χ1) is 23.1. The van der Waals surface area contributed by atoms with E-state index in [1.54, 1.807) is 65.0 Å². The molecule has 2 saturated heterocycles. The highest BCUT2D eigenvalue weighted by atomic mass is 35.5. The summed E-state index contributed by atoms with van der Waals surface area (Å²) in [6, 6.07) is 18.1. The van der Waals surface area contributed by atoms with E-state index in [4.69, 9.17) is 16.3 Å². The zero-order chi connectivity index (χ0) is 33.9. The lowest BCUT2D eigenvalue weighted by Crippen LogP contribution is -2.61. The molecule has 6 rings (SSSR count). The largest absolute Gasteiger partial charge is 0.465 e. The molecule has 2 heterocycles. The molecule has 3 atom stereocenters. The van der Waals surface area contributed by atoms with Gasteiger partial charge in [-0.1, -0.05) is 48.0 Å². The minimum Gasteiger partial charge on any atom is -0.465 e. The Hall–Kier alpha value is -3.55. The van der Waals surface area contributed by atoms with Crippen LogP contribution in [-0.2, 0) is 26.0 Å². The highest BCUT2D eigenvalue weighted by molar-refractivity contribution is 7.89. The first-order valence-corrected chi connectivity index (χ1v) is 18.1. The fraction of sp³-hybridized carbons (Fsp3) is 0.429. The fourth-order valence-electron chi connectivity index (χ4n) is 7.34. The Labute approximate surface area is 285 Å². The second kappa shape index (κ2) is 14.5. The van der Waals surface area contributed by atoms with Gasteiger partial charge in [-0.15, -0.1) is 0 Å². The molecule has 13 heteroatoms. The summed E-state index contributed by atoms with van der Waals surface area (Å²) in [5.74, 6) is -1.78. The molecule has 1 saturated carbocycles. The monoisotopic (exact) mass is 698 g/mol. The average molecular weight is 699 g/mol. The molecular weight excluding hydrogens is 659 g/mol. The number of carbonyl (C=O) groups is 2. The van der Waals surface area contributed by atoms with E-state index in [0.29, 0.717) is 50.6 Å². The summed E-state index contributed by atoms with van der Waals surface area (Å²) in [7, 11) is -3.82. The van der Waals surface area contributed by atoms with Gasteiger partial charge in [0.2, 0.25) is 15.9 Å². The standard InChI is InChI=1S/C35H40ClFN4O6S/c36-25-11-9-23(10-12-25)31(24-15-19-47-20-16-24)32(40-34(43)44)33(42)39-30-8-4-7-29(37)28(30)14-13-26-21-38-22-35(17-18-35)41(26)48(45,46)27-5-2-1-3-6-27/h1-12,24,26,31-32,38,40H,13-22H2,(H,39,42)(H,43,44)/t26?,31-,32-/m0/s1. The van der Waals surface area contributed by atoms with Gasteiger partial charge in [0, 0.05) is 60.1 Å². The van der Waals surface area contributed by atoms with Gasteiger partial charge in [0.25, 0.3) is 0 Å². The number of sulfonamides is 1. The highest BCUT2D eigenvalue weighted by Gasteiger charge is 2.57. The zero-order valence-electron chi connectivity index (χ0n) is 26.4. The van der Waals surface area contributed by atoms with Crippen LogP contribution in [-0.4, -0.2) is 73.8 Å². The third-order valence-electron chi connectivity index (χ3n) is 9.81. The van der Waals surface area contributed by atoms with Crippen LogP contribution in [0.1, 0.15) is 49.1 Å². The molecule has 3 aromatic rings. The van der Waals surface area contributed by atoms with Gasteiger partial charge in [-0.3, -0.25) is 4.79 Å². The molecule has 48 heavy (non-hydrogen) atoms. The van der Waals surface area contributed by atoms with Crippen molar-refractivity contribution in [1.82, 2.24) is 14.9 Å². The number of anilines is 1. The summed E-state index contributed by atoms with van der Waals surface area (Å²) >= 11 is 6.15. The quantitative estimate of drug-likeness (QED) is 0.211. The lowest BCUT2D eigenvalue weighted by Gasteiger charge is -2.42. The Balaban J connectivity index is 1.26. The second-order valence-electron chi connectivity index (χ2n) is 12.9. The molecule has 3 fully saturated rings. The molecule has 256 valence electrons. The molecule has 1 spiro atoms. The number of ether oxygens (including phenoxy) is 1. The van der Waals surface area contributed by atoms with Crippen LogP contribution in [0.3, 0.4) is 0 Å². The number of amides is 2. The summed E-state index contributed by atoms with van der Waals surface area (Å²) in [6.07, 6.45) is 1.82. The lowest BCUT2D eigenvalue weighted by atomic mass is 9.76. The Kier molecular flexibility index (Phi) is 10.4. The van der Waals surface area contributed by atoms with E-state index in [9.17, 15) is 23.1 Å². The number of piperazine rings is 1. The predicted molar refractivity (Wildman–Crippen MR) is 180 cm³/mol. The number of carboxylic acid groups (broad SMARTS) is 1. The predicted octanol–water partition coefficient (Wildman–Crippen LogP) is 5.39. The Morgan fingerprint density at radius 1 is 1.04 bits per heavy atom. The number of benzene rings is 3. The third kappa shape index (κ3) is 7.37. The molecule has 0 aromatic heterocycles. The number of nitrogens with one attached hydrogen (secondary N) is 3. The van der Waals surface area contributed by atoms with Crippen LogP contribution in [0.15, 0.2) is 77.7 Å². The summed E-state index contributed by atoms with van der Waals surface area (Å²) in [5, 5.41) is 19.0. The van der Waals surface area contributed by atoms with Gasteiger partial charge in [0.05, 0.1) is 4.90 Å². The molecule has 2 amide bonds. The van der Waals surface area contributed by atoms with E-state index in [2.05, 4.69) is 16.0 Å². The van der Waals surface area contributed by atoms with Crippen LogP contribution in [0.25, 0.3) is 0 Å². The van der Waals surface area contributed by atoms with Crippen LogP contribution < -0.4 is 16.0 Å². The van der Waals surface area contributed by atoms with Crippen molar-refractivity contribution in [2.45, 2.75) is 67.0 Å². The van der Waals surface area contributed by atoms with E-state index in [1.165, 1.54) is 12.1 Å². The van der Waals surface area contributed by atoms with E-state index in [1.807, 2.05) is 0 Å². The maximum absolute atomic E-state index is 15.5. The van der Waals surface area contributed by atoms with Crippen LogP contribution in [0.4, 0.5) is 14.9 Å². The Morgan fingerprint density at radius 2 is 1.75 bits per heavy atom. The molecule has 0 radical (unpaired) electrons. The summed E-state index contributed by atoms with van der Waals surface area (Å²) in [5.41, 5.74) is 0.668. The molecule has 3 aliphatic rings. The van der Waals surface area contributed by atoms with Crippen molar-refractivity contribution in [2.24, 2.45) is 5.92 Å². The van der Waals surface area contributed by atoms with E-state index in [0.717, 1.165) is 18.4 Å². The molecule has 0 bridgehead atoms. The van der Waals surface area contributed by atoms with Crippen LogP contribution in [0.2, 0.25) is 5.02 Å². The molecule has 1 aliphatic carbocycles. The van der Waals surface area contributed by atoms with Crippen molar-refractivity contribution >= 4 is 39.3 Å². The van der Waals surface area contributed by atoms with Crippen LogP contribution in [0, 0.1) is 11.7 Å². The van der Waals surface area contributed by atoms with Gasteiger partial charge in [0.15, 0.2) is 0 Å². The maximum atomic E-state index is 15.5. The molecule has 2 aliphatic heterocycles. The smallest absolute Gasteiger partial charge is 0.405 e. The Bertz CT molecular complexity index is 1720. The minimum absolute atomic E-state index is 0.0689. The summed E-state index contributed by atoms with van der Waals surface area (Å²) in [6.45, 7) is 1.93. The number of hydrogen-bond donors (Lipinski definition) is 4. The van der Waals surface area contributed by atoms with Gasteiger partial charge in [-0.25, -0.2) is 17.6 Å². The maximum Gasteiger partial charge on any atom is 0.405 e. The highest BCUT2D eigenvalue weighted by Crippen LogP contribution is 2.47. The van der Waals surface area contributed by atoms with Gasteiger partial charge in [-0.05, 0) is 86.4 Å². The van der Waals surface area contributed by atoms with Crippen molar-refractivity contribution in [3.05, 3.63) is 94.8 Å². The topological polar surface area (TPSA) is 137 Å². The van der Waals surface area contributed by atoms with Crippen molar-refractivity contribution in [1.29, 1.82) is 0 Å². The summed E-state index contributed by atoms with van der Waals surface area (Å²) < 4.78 is 50.6. The lowest BCUT2D eigenvalue weighted by molar-refractivity contribution is -0.119. The second-order valence-corrected chi connectivity index (χ2v) is 15.1. The SMILES string of the molecule is O=C(O)N[C@H](C(=O)Nc1cccc(F)c1CCC1CNCC2(CC2)N1S(=O)(=O)c1ccccc1)[C@@H](c1ccc(Cl)cc1)C1CCOCC1. The number of halogens is 2. The van der Waals surface area contributed by atoms with E-state index >= 15 is 4.39 Å². The van der Waals surface area contributed by atoms with Crippen molar-refractivity contribution in [3.63, 3.8) is 0 Å². The average Bonchev–Trinajstić information content (AvgIpc) is 3.84. The first-order valence-electron chi connectivity index (χ1n) is 16.3. The zero-order valence-corrected chi connectivity index (χ0v) is 28.0. The van der Waals surface area contributed by atoms with Crippen molar-refractivity contribution in [2.75, 3.05) is 31.6 Å². The third-order valence-corrected chi connectivity index (χ3v) is 12.1. The van der Waals surface area contributed by atoms with Gasteiger partial charge in [-0.2, -0.15) is 4.31 Å². The molecule has 3 aromatic carbocycles. The minimum atomic E-state index is -3.82. The molecular formula is C35H40ClFN4O6S. The molecule has 4 N–H and O–H groups in total. The van der Waals surface area contributed by atoms with Crippen LogP contribution >= 0.6 is 11.6 Å². The van der Waals surface area contributed by atoms with Crippen molar-refractivity contribution < 1.29 is 32.2 Å². The Morgan fingerprint density at radius 3 is 2.42 bits per heavy atom. The molecule has 10 nitrogen and oxygen atoms in total. The van der Waals surface area contributed by atoms with Crippen molar-refractivity contribution in [3.8, 4) is 0 Å². The van der Waals surface area contributed by atoms with Gasteiger partial charge in [0.1, 0.15) is 11.9 Å². The summed E-state index contributed by atoms with van der Waals surface area (Å²) in [4.78, 5) is 26.3. The van der Waals surface area contributed by atoms with E-state index in [-0.39, 0.29) is 28.5 Å². The number of nitrogens with zero attached hydrogens (tertiary/aromatic N) is 1. The van der Waals surface area contributed by atoms with E-state index < -0.39 is 51.4 Å². The molecule has 1 unspecified atom stereocenters. The number of rotatable bonds is 11. The van der Waals surface area contributed by atoms with Crippen LogP contribution in [0.5, 0.6) is 0 Å². The van der Waals surface area contributed by atoms with Gasteiger partial charge >= 0.3 is 6.09 Å². The fourth-order valence-corrected chi connectivity index (χ4v) is 9.52. The normalized spacial score (nSPS) is 20.9. The first kappa shape index (κ1) is 34.3.